The number of allylic oxidation sites excluding steroid dienone is 1. The van der Waals surface area contributed by atoms with Crippen LogP contribution < -0.4 is 10.6 Å². The van der Waals surface area contributed by atoms with Crippen molar-refractivity contribution in [2.75, 3.05) is 30.0 Å². The first-order valence-corrected chi connectivity index (χ1v) is 9.64. The van der Waals surface area contributed by atoms with Gasteiger partial charge in [0.1, 0.15) is 11.6 Å². The fourth-order valence-corrected chi connectivity index (χ4v) is 3.37. The SMILES string of the molecule is CC.CC/C(=C\SC)c1cnn2c(N)cc(N3CCCC3)nc12. The smallest absolute Gasteiger partial charge is 0.167 e. The van der Waals surface area contributed by atoms with Crippen molar-refractivity contribution in [3.05, 3.63) is 23.2 Å². The summed E-state index contributed by atoms with van der Waals surface area (Å²) in [5.41, 5.74) is 9.36. The third-order valence-corrected chi connectivity index (χ3v) is 4.42. The van der Waals surface area contributed by atoms with Crippen molar-refractivity contribution < 1.29 is 0 Å². The zero-order valence-corrected chi connectivity index (χ0v) is 15.4. The Labute approximate surface area is 143 Å². The van der Waals surface area contributed by atoms with Gasteiger partial charge < -0.3 is 10.6 Å². The topological polar surface area (TPSA) is 59.5 Å². The van der Waals surface area contributed by atoms with E-state index < -0.39 is 0 Å². The summed E-state index contributed by atoms with van der Waals surface area (Å²) in [6.07, 6.45) is 7.35. The van der Waals surface area contributed by atoms with Crippen LogP contribution in [0.2, 0.25) is 0 Å². The molecular weight excluding hydrogens is 306 g/mol. The fraction of sp³-hybridized carbons (Fsp3) is 0.529. The van der Waals surface area contributed by atoms with E-state index in [1.165, 1.54) is 18.4 Å². The number of nitrogens with zero attached hydrogens (tertiary/aromatic N) is 4. The van der Waals surface area contributed by atoms with Crippen LogP contribution in [0.15, 0.2) is 17.7 Å². The maximum Gasteiger partial charge on any atom is 0.167 e. The molecule has 0 amide bonds. The largest absolute Gasteiger partial charge is 0.383 e. The van der Waals surface area contributed by atoms with Crippen molar-refractivity contribution in [1.29, 1.82) is 0 Å². The Morgan fingerprint density at radius 2 is 2.04 bits per heavy atom. The summed E-state index contributed by atoms with van der Waals surface area (Å²) in [7, 11) is 0. The predicted octanol–water partition coefficient (Wildman–Crippen LogP) is 4.05. The highest BCUT2D eigenvalue weighted by Gasteiger charge is 2.18. The molecule has 3 heterocycles. The van der Waals surface area contributed by atoms with Crippen molar-refractivity contribution in [3.63, 3.8) is 0 Å². The minimum Gasteiger partial charge on any atom is -0.383 e. The second-order valence-corrected chi connectivity index (χ2v) is 5.97. The summed E-state index contributed by atoms with van der Waals surface area (Å²) in [6.45, 7) is 8.28. The maximum atomic E-state index is 6.16. The van der Waals surface area contributed by atoms with E-state index in [2.05, 4.69) is 28.6 Å². The monoisotopic (exact) mass is 333 g/mol. The summed E-state index contributed by atoms with van der Waals surface area (Å²) in [5, 5.41) is 6.56. The van der Waals surface area contributed by atoms with E-state index in [1.807, 2.05) is 26.1 Å². The number of nitrogens with two attached hydrogens (primary N) is 1. The van der Waals surface area contributed by atoms with Crippen LogP contribution in [0.1, 0.15) is 45.6 Å². The van der Waals surface area contributed by atoms with Gasteiger partial charge >= 0.3 is 0 Å². The van der Waals surface area contributed by atoms with Crippen molar-refractivity contribution in [1.82, 2.24) is 14.6 Å². The molecule has 1 saturated heterocycles. The molecular formula is C17H27N5S. The molecule has 0 saturated carbocycles. The van der Waals surface area contributed by atoms with E-state index in [4.69, 9.17) is 10.7 Å². The first kappa shape index (κ1) is 17.7. The van der Waals surface area contributed by atoms with Crippen LogP contribution in [-0.4, -0.2) is 33.9 Å². The molecule has 2 aromatic rings. The van der Waals surface area contributed by atoms with Gasteiger partial charge in [-0.1, -0.05) is 20.8 Å². The van der Waals surface area contributed by atoms with Crippen molar-refractivity contribution in [2.24, 2.45) is 0 Å². The molecule has 0 spiro atoms. The molecule has 0 aliphatic carbocycles. The van der Waals surface area contributed by atoms with Crippen molar-refractivity contribution >= 4 is 34.6 Å². The van der Waals surface area contributed by atoms with Crippen LogP contribution in [0.3, 0.4) is 0 Å². The lowest BCUT2D eigenvalue weighted by Gasteiger charge is -2.17. The van der Waals surface area contributed by atoms with Crippen molar-refractivity contribution in [2.45, 2.75) is 40.0 Å². The number of fused-ring (bicyclic) bond motifs is 1. The molecule has 1 aliphatic heterocycles. The van der Waals surface area contributed by atoms with E-state index in [9.17, 15) is 0 Å². The van der Waals surface area contributed by atoms with Gasteiger partial charge in [-0.25, -0.2) is 4.98 Å². The van der Waals surface area contributed by atoms with Gasteiger partial charge in [-0.05, 0) is 36.5 Å². The lowest BCUT2D eigenvalue weighted by Crippen LogP contribution is -2.20. The van der Waals surface area contributed by atoms with E-state index in [-0.39, 0.29) is 0 Å². The van der Waals surface area contributed by atoms with Crippen LogP contribution >= 0.6 is 11.8 Å². The summed E-state index contributed by atoms with van der Waals surface area (Å²) in [5.74, 6) is 1.62. The molecule has 1 aliphatic rings. The Kier molecular flexibility index (Phi) is 6.33. The zero-order chi connectivity index (χ0) is 16.8. The van der Waals surface area contributed by atoms with Gasteiger partial charge in [0, 0.05) is 24.7 Å². The van der Waals surface area contributed by atoms with Gasteiger partial charge in [-0.2, -0.15) is 9.61 Å². The Balaban J connectivity index is 0.000000924. The van der Waals surface area contributed by atoms with Gasteiger partial charge in [-0.3, -0.25) is 0 Å². The minimum atomic E-state index is 0.646. The minimum absolute atomic E-state index is 0.646. The van der Waals surface area contributed by atoms with Crippen LogP contribution in [0.4, 0.5) is 11.6 Å². The first-order valence-electron chi connectivity index (χ1n) is 8.36. The molecule has 0 bridgehead atoms. The molecule has 23 heavy (non-hydrogen) atoms. The van der Waals surface area contributed by atoms with E-state index in [1.54, 1.807) is 16.3 Å². The standard InChI is InChI=1S/C15H21N5S.C2H6/c1-3-11(10-21-2)12-9-17-20-13(16)8-14(18-15(12)20)19-6-4-5-7-19;1-2/h8-10H,3-7,16H2,1-2H3;1-2H3/b11-10+;. The molecule has 5 nitrogen and oxygen atoms in total. The average Bonchev–Trinajstić information content (AvgIpc) is 3.24. The lowest BCUT2D eigenvalue weighted by atomic mass is 10.1. The Morgan fingerprint density at radius 1 is 1.35 bits per heavy atom. The molecule has 126 valence electrons. The van der Waals surface area contributed by atoms with Crippen LogP contribution in [0, 0.1) is 0 Å². The predicted molar refractivity (Wildman–Crippen MR) is 102 cm³/mol. The lowest BCUT2D eigenvalue weighted by molar-refractivity contribution is 0.906. The Bertz CT molecular complexity index is 671. The van der Waals surface area contributed by atoms with Crippen LogP contribution in [-0.2, 0) is 0 Å². The van der Waals surface area contributed by atoms with Crippen LogP contribution in [0.25, 0.3) is 11.2 Å². The molecule has 0 aromatic carbocycles. The second kappa shape index (κ2) is 8.24. The maximum absolute atomic E-state index is 6.16. The van der Waals surface area contributed by atoms with Gasteiger partial charge in [-0.15, -0.1) is 11.8 Å². The highest BCUT2D eigenvalue weighted by Crippen LogP contribution is 2.28. The summed E-state index contributed by atoms with van der Waals surface area (Å²) >= 11 is 1.71. The third-order valence-electron chi connectivity index (χ3n) is 3.90. The highest BCUT2D eigenvalue weighted by atomic mass is 32.2. The average molecular weight is 334 g/mol. The van der Waals surface area contributed by atoms with Gasteiger partial charge in [0.15, 0.2) is 5.65 Å². The first-order chi connectivity index (χ1) is 11.2. The molecule has 0 unspecified atom stereocenters. The molecule has 2 aromatic heterocycles. The van der Waals surface area contributed by atoms with E-state index in [0.29, 0.717) is 5.82 Å². The number of nitrogen functional groups attached to an aromatic ring is 1. The summed E-state index contributed by atoms with van der Waals surface area (Å²) in [6, 6.07) is 1.93. The number of anilines is 2. The van der Waals surface area contributed by atoms with Gasteiger partial charge in [0.05, 0.1) is 6.20 Å². The van der Waals surface area contributed by atoms with Crippen LogP contribution in [0.5, 0.6) is 0 Å². The van der Waals surface area contributed by atoms with E-state index >= 15 is 0 Å². The highest BCUT2D eigenvalue weighted by molar-refractivity contribution is 8.01. The quantitative estimate of drug-likeness (QED) is 0.914. The number of aromatic nitrogens is 3. The molecule has 2 N–H and O–H groups in total. The molecule has 6 heteroatoms. The van der Waals surface area contributed by atoms with E-state index in [0.717, 1.165) is 36.5 Å². The normalized spacial score (nSPS) is 15.0. The number of hydrogen-bond donors (Lipinski definition) is 1. The van der Waals surface area contributed by atoms with Gasteiger partial charge in [0.2, 0.25) is 0 Å². The number of thioether (sulfide) groups is 1. The summed E-state index contributed by atoms with van der Waals surface area (Å²) < 4.78 is 1.73. The molecule has 3 rings (SSSR count). The Morgan fingerprint density at radius 3 is 2.65 bits per heavy atom. The fourth-order valence-electron chi connectivity index (χ4n) is 2.79. The molecule has 0 radical (unpaired) electrons. The molecule has 1 fully saturated rings. The third kappa shape index (κ3) is 3.63. The van der Waals surface area contributed by atoms with Crippen molar-refractivity contribution in [3.8, 4) is 0 Å². The summed E-state index contributed by atoms with van der Waals surface area (Å²) in [4.78, 5) is 7.13. The number of hydrogen-bond acceptors (Lipinski definition) is 5. The van der Waals surface area contributed by atoms with Gasteiger partial charge in [0.25, 0.3) is 0 Å². The zero-order valence-electron chi connectivity index (χ0n) is 14.5. The Hall–Kier alpha value is -1.69. The number of rotatable bonds is 4. The molecule has 0 atom stereocenters. The second-order valence-electron chi connectivity index (χ2n) is 5.26.